The zero-order valence-corrected chi connectivity index (χ0v) is 21.3. The van der Waals surface area contributed by atoms with Gasteiger partial charge < -0.3 is 15.5 Å². The van der Waals surface area contributed by atoms with E-state index in [1.807, 2.05) is 6.92 Å². The Hall–Kier alpha value is -1.15. The van der Waals surface area contributed by atoms with Crippen molar-refractivity contribution in [3.63, 3.8) is 0 Å². The van der Waals surface area contributed by atoms with Gasteiger partial charge in [-0.15, -0.1) is 35.3 Å². The molecule has 2 heterocycles. The molecule has 1 atom stereocenters. The first-order valence-electron chi connectivity index (χ1n) is 10.2. The number of hydrogen-bond acceptors (Lipinski definition) is 5. The zero-order valence-electron chi connectivity index (χ0n) is 18.2. The van der Waals surface area contributed by atoms with Crippen molar-refractivity contribution in [2.45, 2.75) is 44.8 Å². The van der Waals surface area contributed by atoms with Crippen molar-refractivity contribution in [1.82, 2.24) is 25.4 Å². The van der Waals surface area contributed by atoms with Crippen LogP contribution in [0.2, 0.25) is 0 Å². The summed E-state index contributed by atoms with van der Waals surface area (Å²) in [7, 11) is 3.57. The van der Waals surface area contributed by atoms with E-state index in [4.69, 9.17) is 0 Å². The summed E-state index contributed by atoms with van der Waals surface area (Å²) in [5.41, 5.74) is -0.837. The van der Waals surface area contributed by atoms with E-state index in [-0.39, 0.29) is 35.9 Å². The molecule has 1 aliphatic heterocycles. The summed E-state index contributed by atoms with van der Waals surface area (Å²) < 4.78 is 37.9. The van der Waals surface area contributed by atoms with E-state index in [2.05, 4.69) is 25.5 Å². The van der Waals surface area contributed by atoms with Gasteiger partial charge in [0.25, 0.3) is 0 Å². The third-order valence-electron chi connectivity index (χ3n) is 4.78. The van der Waals surface area contributed by atoms with Gasteiger partial charge in [-0.25, -0.2) is 4.98 Å². The molecular weight excluding hydrogens is 544 g/mol. The van der Waals surface area contributed by atoms with Crippen LogP contribution in [0.25, 0.3) is 0 Å². The van der Waals surface area contributed by atoms with Gasteiger partial charge in [-0.1, -0.05) is 0 Å². The second kappa shape index (κ2) is 13.4. The van der Waals surface area contributed by atoms with Crippen molar-refractivity contribution < 1.29 is 18.0 Å². The normalized spacial score (nSPS) is 17.4. The molecule has 178 valence electrons. The zero-order chi connectivity index (χ0) is 22.1. The number of rotatable bonds is 9. The highest BCUT2D eigenvalue weighted by atomic mass is 127. The van der Waals surface area contributed by atoms with Crippen molar-refractivity contribution in [2.24, 2.45) is 4.99 Å². The lowest BCUT2D eigenvalue weighted by molar-refractivity contribution is -0.140. The number of amides is 1. The lowest BCUT2D eigenvalue weighted by Crippen LogP contribution is -2.43. The predicted molar refractivity (Wildman–Crippen MR) is 128 cm³/mol. The van der Waals surface area contributed by atoms with Gasteiger partial charge in [-0.3, -0.25) is 14.7 Å². The molecule has 1 aromatic rings. The Kier molecular flexibility index (Phi) is 12.1. The van der Waals surface area contributed by atoms with E-state index in [9.17, 15) is 18.0 Å². The van der Waals surface area contributed by atoms with Crippen molar-refractivity contribution in [3.8, 4) is 0 Å². The fourth-order valence-electron chi connectivity index (χ4n) is 3.32. The SMILES string of the molecule is CCNC(=NCCCN1CCCC1C(=O)N(C)C)NCCc1nc(C(F)(F)F)cs1.I. The van der Waals surface area contributed by atoms with Crippen LogP contribution < -0.4 is 10.6 Å². The van der Waals surface area contributed by atoms with Crippen molar-refractivity contribution in [3.05, 3.63) is 16.1 Å². The first-order valence-corrected chi connectivity index (χ1v) is 11.1. The van der Waals surface area contributed by atoms with Crippen molar-refractivity contribution >= 4 is 47.2 Å². The standard InChI is InChI=1S/C19H31F3N6OS.HI/c1-4-23-18(25-10-8-16-26-15(13-30-16)19(20,21)22)24-9-6-12-28-11-5-7-14(28)17(29)27(2)3;/h13-14H,4-12H2,1-3H3,(H2,23,24,25);1H. The summed E-state index contributed by atoms with van der Waals surface area (Å²) >= 11 is 1.01. The minimum Gasteiger partial charge on any atom is -0.357 e. The maximum atomic E-state index is 12.6. The number of likely N-dealkylation sites (N-methyl/N-ethyl adjacent to an activating group) is 1. The predicted octanol–water partition coefficient (Wildman–Crippen LogP) is 2.82. The summed E-state index contributed by atoms with van der Waals surface area (Å²) in [6.07, 6.45) is -1.24. The monoisotopic (exact) mass is 576 g/mol. The molecule has 1 aromatic heterocycles. The first kappa shape index (κ1) is 27.9. The van der Waals surface area contributed by atoms with Crippen LogP contribution in [0.5, 0.6) is 0 Å². The second-order valence-corrected chi connectivity index (χ2v) is 8.28. The van der Waals surface area contributed by atoms with Crippen LogP contribution in [0, 0.1) is 0 Å². The average Bonchev–Trinajstić information content (AvgIpc) is 3.33. The number of guanidine groups is 1. The number of halogens is 4. The number of nitrogens with zero attached hydrogens (tertiary/aromatic N) is 4. The van der Waals surface area contributed by atoms with Gasteiger partial charge in [0.15, 0.2) is 11.7 Å². The number of hydrogen-bond donors (Lipinski definition) is 2. The number of likely N-dealkylation sites (tertiary alicyclic amines) is 1. The Morgan fingerprint density at radius 1 is 1.39 bits per heavy atom. The summed E-state index contributed by atoms with van der Waals surface area (Å²) in [6.45, 7) is 5.43. The van der Waals surface area contributed by atoms with Crippen LogP contribution >= 0.6 is 35.3 Å². The maximum Gasteiger partial charge on any atom is 0.434 e. The van der Waals surface area contributed by atoms with Gasteiger partial charge in [-0.2, -0.15) is 13.2 Å². The van der Waals surface area contributed by atoms with E-state index < -0.39 is 11.9 Å². The summed E-state index contributed by atoms with van der Waals surface area (Å²) in [4.78, 5) is 24.3. The molecule has 0 radical (unpaired) electrons. The minimum atomic E-state index is -4.40. The van der Waals surface area contributed by atoms with Gasteiger partial charge in [0, 0.05) is 52.1 Å². The first-order chi connectivity index (χ1) is 14.2. The Balaban J connectivity index is 0.00000480. The fourth-order valence-corrected chi connectivity index (χ4v) is 4.13. The van der Waals surface area contributed by atoms with Crippen molar-refractivity contribution in [1.29, 1.82) is 0 Å². The van der Waals surface area contributed by atoms with Gasteiger partial charge in [0.1, 0.15) is 0 Å². The molecule has 1 fully saturated rings. The lowest BCUT2D eigenvalue weighted by atomic mass is 10.2. The third kappa shape index (κ3) is 9.08. The van der Waals surface area contributed by atoms with Gasteiger partial charge in [0.05, 0.1) is 11.0 Å². The molecule has 0 spiro atoms. The molecule has 1 saturated heterocycles. The topological polar surface area (TPSA) is 72.9 Å². The molecule has 1 aliphatic rings. The fraction of sp³-hybridized carbons (Fsp3) is 0.737. The largest absolute Gasteiger partial charge is 0.434 e. The molecule has 1 amide bonds. The molecule has 2 rings (SSSR count). The van der Waals surface area contributed by atoms with Crippen LogP contribution in [0.4, 0.5) is 13.2 Å². The van der Waals surface area contributed by atoms with E-state index in [0.29, 0.717) is 37.0 Å². The highest BCUT2D eigenvalue weighted by molar-refractivity contribution is 14.0. The highest BCUT2D eigenvalue weighted by Gasteiger charge is 2.33. The lowest BCUT2D eigenvalue weighted by Gasteiger charge is -2.25. The summed E-state index contributed by atoms with van der Waals surface area (Å²) in [6, 6.07) is -0.0322. The number of carbonyl (C=O) groups excluding carboxylic acids is 1. The Morgan fingerprint density at radius 3 is 2.74 bits per heavy atom. The van der Waals surface area contributed by atoms with Crippen LogP contribution in [-0.2, 0) is 17.4 Å². The number of aliphatic imine (C=N–C) groups is 1. The van der Waals surface area contributed by atoms with E-state index in [1.165, 1.54) is 0 Å². The van der Waals surface area contributed by atoms with Gasteiger partial charge in [0.2, 0.25) is 5.91 Å². The molecule has 0 bridgehead atoms. The molecular formula is C19H32F3IN6OS. The molecule has 0 saturated carbocycles. The average molecular weight is 576 g/mol. The van der Waals surface area contributed by atoms with E-state index >= 15 is 0 Å². The Labute approximate surface area is 202 Å². The van der Waals surface area contributed by atoms with E-state index in [0.717, 1.165) is 49.1 Å². The van der Waals surface area contributed by atoms with Crippen molar-refractivity contribution in [2.75, 3.05) is 46.8 Å². The van der Waals surface area contributed by atoms with Crippen LogP contribution in [-0.4, -0.2) is 79.5 Å². The summed E-state index contributed by atoms with van der Waals surface area (Å²) in [5.74, 6) is 0.786. The third-order valence-corrected chi connectivity index (χ3v) is 5.69. The quantitative estimate of drug-likeness (QED) is 0.205. The molecule has 31 heavy (non-hydrogen) atoms. The molecule has 2 N–H and O–H groups in total. The molecule has 0 aliphatic carbocycles. The highest BCUT2D eigenvalue weighted by Crippen LogP contribution is 2.30. The maximum absolute atomic E-state index is 12.6. The smallest absolute Gasteiger partial charge is 0.357 e. The van der Waals surface area contributed by atoms with Crippen LogP contribution in [0.15, 0.2) is 10.4 Å². The van der Waals surface area contributed by atoms with E-state index in [1.54, 1.807) is 19.0 Å². The number of alkyl halides is 3. The number of nitrogens with one attached hydrogen (secondary N) is 2. The van der Waals surface area contributed by atoms with Gasteiger partial charge >= 0.3 is 6.18 Å². The molecule has 0 aromatic carbocycles. The Bertz CT molecular complexity index is 713. The number of thiazole rings is 1. The van der Waals surface area contributed by atoms with Gasteiger partial charge in [-0.05, 0) is 32.7 Å². The second-order valence-electron chi connectivity index (χ2n) is 7.34. The number of carbonyl (C=O) groups is 1. The minimum absolute atomic E-state index is 0. The Morgan fingerprint density at radius 2 is 2.13 bits per heavy atom. The molecule has 1 unspecified atom stereocenters. The molecule has 12 heteroatoms. The summed E-state index contributed by atoms with van der Waals surface area (Å²) in [5, 5.41) is 7.76. The number of aromatic nitrogens is 1. The van der Waals surface area contributed by atoms with Crippen LogP contribution in [0.1, 0.15) is 36.9 Å². The molecule has 7 nitrogen and oxygen atoms in total. The van der Waals surface area contributed by atoms with Crippen LogP contribution in [0.3, 0.4) is 0 Å².